The van der Waals surface area contributed by atoms with Crippen molar-refractivity contribution >= 4 is 35.9 Å². The molecule has 1 unspecified atom stereocenters. The van der Waals surface area contributed by atoms with Crippen molar-refractivity contribution in [2.75, 3.05) is 11.9 Å². The van der Waals surface area contributed by atoms with Crippen molar-refractivity contribution < 1.29 is 14.8 Å². The zero-order valence-electron chi connectivity index (χ0n) is 16.4. The van der Waals surface area contributed by atoms with Gasteiger partial charge in [0.05, 0.1) is 5.03 Å². The van der Waals surface area contributed by atoms with Crippen LogP contribution in [-0.4, -0.2) is 36.0 Å². The minimum Gasteiger partial charge on any atom is -0.427 e. The Hall–Kier alpha value is -2.17. The molecule has 0 saturated carbocycles. The predicted molar refractivity (Wildman–Crippen MR) is 118 cm³/mol. The van der Waals surface area contributed by atoms with E-state index in [0.717, 1.165) is 44.2 Å². The Morgan fingerprint density at radius 1 is 1.24 bits per heavy atom. The number of nitrogens with one attached hydrogen (secondary N) is 3. The van der Waals surface area contributed by atoms with E-state index < -0.39 is 24.0 Å². The van der Waals surface area contributed by atoms with Crippen molar-refractivity contribution in [3.05, 3.63) is 39.4 Å². The van der Waals surface area contributed by atoms with Crippen molar-refractivity contribution in [2.45, 2.75) is 51.3 Å². The highest BCUT2D eigenvalue weighted by Crippen LogP contribution is 2.38. The second-order valence-corrected chi connectivity index (χ2v) is 8.63. The van der Waals surface area contributed by atoms with Crippen molar-refractivity contribution in [1.29, 1.82) is 4.78 Å². The first-order valence-electron chi connectivity index (χ1n) is 9.97. The largest absolute Gasteiger partial charge is 0.451 e. The van der Waals surface area contributed by atoms with Gasteiger partial charge in [0.25, 0.3) is 0 Å². The maximum atomic E-state index is 12.5. The summed E-state index contributed by atoms with van der Waals surface area (Å²) < 4.78 is 10.7. The average molecular weight is 417 g/mol. The van der Waals surface area contributed by atoms with E-state index in [1.54, 1.807) is 0 Å². The molecule has 10 heteroatoms. The minimum absolute atomic E-state index is 0.203. The van der Waals surface area contributed by atoms with Gasteiger partial charge in [0, 0.05) is 29.3 Å². The van der Waals surface area contributed by atoms with Crippen LogP contribution < -0.4 is 15.8 Å². The summed E-state index contributed by atoms with van der Waals surface area (Å²) in [6.45, 7) is 0.436. The quantitative estimate of drug-likeness (QED) is 0.218. The Kier molecular flexibility index (Phi) is 7.46. The van der Waals surface area contributed by atoms with Crippen LogP contribution >= 0.6 is 0 Å². The fraction of sp³-hybridized carbons (Fsp3) is 0.474. The molecule has 156 valence electrons. The Morgan fingerprint density at radius 3 is 2.52 bits per heavy atom. The number of anilines is 1. The number of nitrogens with two attached hydrogens (primary N) is 1. The van der Waals surface area contributed by atoms with Gasteiger partial charge in [0.1, 0.15) is 0 Å². The van der Waals surface area contributed by atoms with Gasteiger partial charge in [-0.05, 0) is 79.6 Å². The third-order valence-electron chi connectivity index (χ3n) is 5.24. The topological polar surface area (TPSA) is 144 Å². The molecule has 0 aromatic heterocycles. The molecular weight excluding hydrogens is 389 g/mol. The van der Waals surface area contributed by atoms with Crippen LogP contribution in [0.3, 0.4) is 0 Å². The third kappa shape index (κ3) is 5.68. The van der Waals surface area contributed by atoms with Crippen LogP contribution in [0.4, 0.5) is 10.5 Å². The van der Waals surface area contributed by atoms with Gasteiger partial charge in [-0.3, -0.25) is 14.5 Å². The molecule has 0 bridgehead atoms. The summed E-state index contributed by atoms with van der Waals surface area (Å²) in [7, 11) is -2.69. The van der Waals surface area contributed by atoms with Gasteiger partial charge < -0.3 is 21.1 Å². The van der Waals surface area contributed by atoms with Crippen LogP contribution in [0.2, 0.25) is 6.32 Å². The highest BCUT2D eigenvalue weighted by atomic mass is 32.2. The molecule has 0 aliphatic heterocycles. The molecule has 1 atom stereocenters. The molecule has 2 aliphatic rings. The second kappa shape index (κ2) is 10.0. The standard InChI is InChI=1S/C19H28BN5O3S/c21-17(8-11-23-10-3-9-20(27)28)29(22)25-19(26)24-18-15-6-1-4-13(15)12-14-5-2-7-16(14)18/h8,11-12,27-28H,1-7,9-10,21H2,(H3,22,24,25,26)/b17-8+,23-11?. The van der Waals surface area contributed by atoms with E-state index in [2.05, 4.69) is 21.1 Å². The number of amides is 2. The predicted octanol–water partition coefficient (Wildman–Crippen LogP) is 1.81. The molecule has 29 heavy (non-hydrogen) atoms. The van der Waals surface area contributed by atoms with Crippen molar-refractivity contribution in [2.24, 2.45) is 10.7 Å². The number of allylic oxidation sites excluding steroid dienone is 1. The Bertz CT molecular complexity index is 824. The number of rotatable bonds is 8. The van der Waals surface area contributed by atoms with Crippen molar-refractivity contribution in [3.8, 4) is 0 Å². The van der Waals surface area contributed by atoms with Crippen LogP contribution in [-0.2, 0) is 36.6 Å². The number of hydrogen-bond acceptors (Lipinski definition) is 6. The lowest BCUT2D eigenvalue weighted by Crippen LogP contribution is -2.32. The van der Waals surface area contributed by atoms with Crippen LogP contribution in [0.25, 0.3) is 0 Å². The van der Waals surface area contributed by atoms with E-state index in [1.807, 2.05) is 0 Å². The highest BCUT2D eigenvalue weighted by molar-refractivity contribution is 7.88. The van der Waals surface area contributed by atoms with Crippen LogP contribution in [0.5, 0.6) is 0 Å². The highest BCUT2D eigenvalue weighted by Gasteiger charge is 2.25. The number of carbonyl (C=O) groups excluding carboxylic acids is 1. The van der Waals surface area contributed by atoms with Crippen LogP contribution in [0.1, 0.15) is 41.5 Å². The maximum absolute atomic E-state index is 12.5. The number of aryl methyl sites for hydroxylation is 2. The summed E-state index contributed by atoms with van der Waals surface area (Å²) in [5, 5.41) is 20.7. The number of benzene rings is 1. The molecule has 2 aliphatic carbocycles. The molecule has 1 aromatic carbocycles. The molecular formula is C19H28BN5O3S. The van der Waals surface area contributed by atoms with E-state index in [9.17, 15) is 4.79 Å². The van der Waals surface area contributed by atoms with Crippen molar-refractivity contribution in [1.82, 2.24) is 4.72 Å². The normalized spacial score (nSPS) is 16.6. The van der Waals surface area contributed by atoms with E-state index in [-0.39, 0.29) is 11.3 Å². The summed E-state index contributed by atoms with van der Waals surface area (Å²) in [6, 6.07) is 1.90. The van der Waals surface area contributed by atoms with E-state index in [4.69, 9.17) is 20.6 Å². The summed E-state index contributed by atoms with van der Waals surface area (Å²) in [5.41, 5.74) is 12.0. The van der Waals surface area contributed by atoms with Gasteiger partial charge in [0.15, 0.2) is 0 Å². The lowest BCUT2D eigenvalue weighted by Gasteiger charge is -2.17. The molecule has 1 aromatic rings. The van der Waals surface area contributed by atoms with E-state index in [1.165, 1.54) is 34.5 Å². The molecule has 2 amide bonds. The molecule has 0 radical (unpaired) electrons. The zero-order valence-corrected chi connectivity index (χ0v) is 17.2. The Balaban J connectivity index is 1.57. The number of hydrogen-bond donors (Lipinski definition) is 6. The number of carbonyl (C=O) groups is 1. The fourth-order valence-electron chi connectivity index (χ4n) is 3.89. The van der Waals surface area contributed by atoms with Gasteiger partial charge >= 0.3 is 13.1 Å². The molecule has 7 N–H and O–H groups in total. The smallest absolute Gasteiger partial charge is 0.427 e. The maximum Gasteiger partial charge on any atom is 0.451 e. The Morgan fingerprint density at radius 2 is 1.90 bits per heavy atom. The number of urea groups is 1. The second-order valence-electron chi connectivity index (χ2n) is 7.34. The third-order valence-corrected chi connectivity index (χ3v) is 6.23. The molecule has 0 spiro atoms. The lowest BCUT2D eigenvalue weighted by atomic mass is 9.85. The first-order valence-corrected chi connectivity index (χ1v) is 11.2. The summed E-state index contributed by atoms with van der Waals surface area (Å²) in [4.78, 5) is 16.6. The summed E-state index contributed by atoms with van der Waals surface area (Å²) >= 11 is 0. The van der Waals surface area contributed by atoms with Gasteiger partial charge in [-0.15, -0.1) is 0 Å². The van der Waals surface area contributed by atoms with Crippen LogP contribution in [0.15, 0.2) is 22.2 Å². The average Bonchev–Trinajstić information content (AvgIpc) is 3.32. The first kappa shape index (κ1) is 21.5. The van der Waals surface area contributed by atoms with Gasteiger partial charge in [-0.1, -0.05) is 6.07 Å². The molecule has 3 rings (SSSR count). The molecule has 0 heterocycles. The lowest BCUT2D eigenvalue weighted by molar-refractivity contribution is 0.257. The monoisotopic (exact) mass is 417 g/mol. The number of aliphatic imine (C=N–C) groups is 1. The first-order chi connectivity index (χ1) is 14.0. The summed E-state index contributed by atoms with van der Waals surface area (Å²) in [6.07, 6.45) is 10.1. The van der Waals surface area contributed by atoms with E-state index in [0.29, 0.717) is 13.0 Å². The number of fused-ring (bicyclic) bond motifs is 2. The van der Waals surface area contributed by atoms with Gasteiger partial charge in [-0.25, -0.2) is 4.79 Å². The fourth-order valence-corrected chi connectivity index (χ4v) is 4.44. The van der Waals surface area contributed by atoms with Crippen LogP contribution in [0, 0.1) is 4.78 Å². The molecule has 8 nitrogen and oxygen atoms in total. The van der Waals surface area contributed by atoms with E-state index >= 15 is 0 Å². The Labute approximate surface area is 173 Å². The molecule has 0 saturated heterocycles. The van der Waals surface area contributed by atoms with Gasteiger partial charge in [0.2, 0.25) is 0 Å². The minimum atomic E-state index is -1.37. The number of nitrogens with zero attached hydrogens (tertiary/aromatic N) is 1. The molecule has 0 fully saturated rings. The SMILES string of the molecule is N=S(NC(=O)Nc1c2c(cc3c1CCC3)CCC2)/C(N)=C/C=NCCCB(O)O. The van der Waals surface area contributed by atoms with Crippen molar-refractivity contribution in [3.63, 3.8) is 0 Å². The van der Waals surface area contributed by atoms with Gasteiger partial charge in [-0.2, -0.15) is 0 Å². The summed E-state index contributed by atoms with van der Waals surface area (Å²) in [5.74, 6) is 0. The zero-order chi connectivity index (χ0) is 20.8.